The fraction of sp³-hybridized carbons (Fsp3) is 0.304. The van der Waals surface area contributed by atoms with Crippen LogP contribution >= 0.6 is 11.3 Å². The Morgan fingerprint density at radius 1 is 1.15 bits per heavy atom. The van der Waals surface area contributed by atoms with Crippen LogP contribution in [0.4, 0.5) is 15.6 Å². The molecule has 0 spiro atoms. The zero-order valence-corrected chi connectivity index (χ0v) is 20.1. The Hall–Kier alpha value is -2.95. The minimum absolute atomic E-state index is 0.0108. The summed E-state index contributed by atoms with van der Waals surface area (Å²) in [6, 6.07) is 16.1. The molecule has 0 saturated heterocycles. The number of hydrogen-bond acceptors (Lipinski definition) is 6. The molecule has 1 aromatic heterocycles. The van der Waals surface area contributed by atoms with E-state index in [0.717, 1.165) is 29.7 Å². The van der Waals surface area contributed by atoms with E-state index in [1.165, 1.54) is 4.90 Å². The van der Waals surface area contributed by atoms with Crippen molar-refractivity contribution in [3.8, 4) is 5.75 Å². The lowest BCUT2D eigenvalue weighted by atomic mass is 10.2. The Balaban J connectivity index is 1.61. The van der Waals surface area contributed by atoms with E-state index in [9.17, 15) is 13.2 Å². The zero-order valence-electron chi connectivity index (χ0n) is 18.4. The van der Waals surface area contributed by atoms with E-state index in [0.29, 0.717) is 28.9 Å². The third-order valence-corrected chi connectivity index (χ3v) is 8.27. The Morgan fingerprint density at radius 2 is 1.85 bits per heavy atom. The van der Waals surface area contributed by atoms with E-state index in [4.69, 9.17) is 4.74 Å². The second kappa shape index (κ2) is 9.90. The first-order valence-electron chi connectivity index (χ1n) is 10.7. The molecular weight excluding hydrogens is 460 g/mol. The normalized spacial score (nSPS) is 13.5. The van der Waals surface area contributed by atoms with Crippen LogP contribution in [0.5, 0.6) is 5.75 Å². The zero-order chi connectivity index (χ0) is 23.4. The highest BCUT2D eigenvalue weighted by Gasteiger charge is 2.32. The topological polar surface area (TPSA) is 101 Å². The summed E-state index contributed by atoms with van der Waals surface area (Å²) >= 11 is 0.995. The maximum Gasteiger partial charge on any atom is 0.328 e. The summed E-state index contributed by atoms with van der Waals surface area (Å²) in [5.74, 6) is 0.713. The molecule has 174 valence electrons. The van der Waals surface area contributed by atoms with Crippen molar-refractivity contribution in [1.82, 2.24) is 9.71 Å². The predicted molar refractivity (Wildman–Crippen MR) is 129 cm³/mol. The van der Waals surface area contributed by atoms with Gasteiger partial charge in [0.1, 0.15) is 5.75 Å². The van der Waals surface area contributed by atoms with Gasteiger partial charge in [-0.25, -0.2) is 22.9 Å². The minimum atomic E-state index is -3.67. The molecule has 0 bridgehead atoms. The number of carbonyl (C=O) groups excluding carboxylic acids is 1. The number of nitrogens with one attached hydrogen (secondary N) is 2. The van der Waals surface area contributed by atoms with E-state index >= 15 is 0 Å². The first-order valence-corrected chi connectivity index (χ1v) is 13.0. The van der Waals surface area contributed by atoms with Crippen LogP contribution in [0.15, 0.2) is 58.8 Å². The molecule has 33 heavy (non-hydrogen) atoms. The van der Waals surface area contributed by atoms with Gasteiger partial charge in [-0.05, 0) is 56.5 Å². The number of carbonyl (C=O) groups is 1. The molecule has 3 aromatic rings. The predicted octanol–water partition coefficient (Wildman–Crippen LogP) is 4.53. The number of sulfonamides is 1. The SMILES string of the molecule is CCOc1ccc(NC(=O)N(Cc2ccccc2)c2nc(C)c(S(=O)(=O)NC3CC3)s2)cc1. The van der Waals surface area contributed by atoms with E-state index in [-0.39, 0.29) is 16.8 Å². The molecule has 2 amide bonds. The van der Waals surface area contributed by atoms with Gasteiger partial charge in [0.05, 0.1) is 18.8 Å². The van der Waals surface area contributed by atoms with E-state index in [2.05, 4.69) is 15.0 Å². The molecule has 0 aliphatic heterocycles. The Bertz CT molecular complexity index is 1210. The molecule has 1 aliphatic carbocycles. The molecule has 8 nitrogen and oxygen atoms in total. The van der Waals surface area contributed by atoms with Gasteiger partial charge in [0.2, 0.25) is 0 Å². The van der Waals surface area contributed by atoms with Crippen molar-refractivity contribution in [3.05, 3.63) is 65.9 Å². The average Bonchev–Trinajstić information content (AvgIpc) is 3.51. The number of nitrogens with zero attached hydrogens (tertiary/aromatic N) is 2. The maximum absolute atomic E-state index is 13.3. The summed E-state index contributed by atoms with van der Waals surface area (Å²) in [5, 5.41) is 3.19. The molecule has 4 rings (SSSR count). The number of thiazole rings is 1. The number of hydrogen-bond donors (Lipinski definition) is 2. The minimum Gasteiger partial charge on any atom is -0.494 e. The number of rotatable bonds is 9. The van der Waals surface area contributed by atoms with Crippen molar-refractivity contribution in [3.63, 3.8) is 0 Å². The highest BCUT2D eigenvalue weighted by molar-refractivity contribution is 7.91. The Kier molecular flexibility index (Phi) is 6.96. The van der Waals surface area contributed by atoms with Crippen LogP contribution in [-0.2, 0) is 16.6 Å². The van der Waals surface area contributed by atoms with Gasteiger partial charge < -0.3 is 10.1 Å². The van der Waals surface area contributed by atoms with Crippen molar-refractivity contribution in [2.75, 3.05) is 16.8 Å². The number of anilines is 2. The number of amides is 2. The number of benzene rings is 2. The second-order valence-electron chi connectivity index (χ2n) is 7.72. The summed E-state index contributed by atoms with van der Waals surface area (Å²) in [6.07, 6.45) is 1.68. The molecule has 0 unspecified atom stereocenters. The van der Waals surface area contributed by atoms with Gasteiger partial charge in [0, 0.05) is 11.7 Å². The van der Waals surface area contributed by atoms with Crippen molar-refractivity contribution in [1.29, 1.82) is 0 Å². The van der Waals surface area contributed by atoms with Crippen molar-refractivity contribution >= 4 is 38.2 Å². The van der Waals surface area contributed by atoms with Crippen molar-refractivity contribution in [2.24, 2.45) is 0 Å². The lowest BCUT2D eigenvalue weighted by Crippen LogP contribution is -2.34. The van der Waals surface area contributed by atoms with Crippen molar-refractivity contribution in [2.45, 2.75) is 43.5 Å². The van der Waals surface area contributed by atoms with Crippen LogP contribution in [0.25, 0.3) is 0 Å². The third kappa shape index (κ3) is 5.89. The molecule has 0 radical (unpaired) electrons. The molecule has 1 fully saturated rings. The van der Waals surface area contributed by atoms with Gasteiger partial charge in [-0.2, -0.15) is 0 Å². The van der Waals surface area contributed by atoms with Crippen LogP contribution in [-0.4, -0.2) is 32.1 Å². The highest BCUT2D eigenvalue weighted by atomic mass is 32.2. The van der Waals surface area contributed by atoms with E-state index in [1.54, 1.807) is 31.2 Å². The molecule has 1 saturated carbocycles. The fourth-order valence-electron chi connectivity index (χ4n) is 3.19. The van der Waals surface area contributed by atoms with E-state index < -0.39 is 16.1 Å². The Morgan fingerprint density at radius 3 is 2.48 bits per heavy atom. The third-order valence-electron chi connectivity index (χ3n) is 4.96. The molecule has 0 atom stereocenters. The lowest BCUT2D eigenvalue weighted by Gasteiger charge is -2.21. The quantitative estimate of drug-likeness (QED) is 0.463. The van der Waals surface area contributed by atoms with Gasteiger partial charge in [0.25, 0.3) is 10.0 Å². The number of ether oxygens (including phenoxy) is 1. The summed E-state index contributed by atoms with van der Waals surface area (Å²) in [6.45, 7) is 4.35. The summed E-state index contributed by atoms with van der Waals surface area (Å²) < 4.78 is 33.8. The molecule has 1 heterocycles. The first-order chi connectivity index (χ1) is 15.9. The molecule has 1 aliphatic rings. The summed E-state index contributed by atoms with van der Waals surface area (Å²) in [4.78, 5) is 19.2. The van der Waals surface area contributed by atoms with Gasteiger partial charge in [-0.15, -0.1) is 0 Å². The summed E-state index contributed by atoms with van der Waals surface area (Å²) in [7, 11) is -3.67. The van der Waals surface area contributed by atoms with Crippen LogP contribution in [0.1, 0.15) is 31.0 Å². The molecule has 2 N–H and O–H groups in total. The van der Waals surface area contributed by atoms with Gasteiger partial charge >= 0.3 is 6.03 Å². The largest absolute Gasteiger partial charge is 0.494 e. The standard InChI is InChI=1S/C23H26N4O4S2/c1-3-31-20-13-11-18(12-14-20)25-22(28)27(15-17-7-5-4-6-8-17)23-24-16(2)21(32-23)33(29,30)26-19-9-10-19/h4-8,11-14,19,26H,3,9-10,15H2,1-2H3,(H,25,28). The molecule has 10 heteroatoms. The van der Waals surface area contributed by atoms with Crippen LogP contribution in [0.3, 0.4) is 0 Å². The maximum atomic E-state index is 13.3. The second-order valence-corrected chi connectivity index (χ2v) is 10.6. The molecular formula is C23H26N4O4S2. The van der Waals surface area contributed by atoms with Gasteiger partial charge in [-0.3, -0.25) is 4.90 Å². The average molecular weight is 487 g/mol. The smallest absolute Gasteiger partial charge is 0.328 e. The summed E-state index contributed by atoms with van der Waals surface area (Å²) in [5.41, 5.74) is 1.86. The highest BCUT2D eigenvalue weighted by Crippen LogP contribution is 2.33. The van der Waals surface area contributed by atoms with Crippen LogP contribution in [0.2, 0.25) is 0 Å². The Labute approximate surface area is 197 Å². The van der Waals surface area contributed by atoms with E-state index in [1.807, 2.05) is 37.3 Å². The lowest BCUT2D eigenvalue weighted by molar-refractivity contribution is 0.256. The van der Waals surface area contributed by atoms with Gasteiger partial charge in [-0.1, -0.05) is 41.7 Å². The monoisotopic (exact) mass is 486 g/mol. The number of aryl methyl sites for hydroxylation is 1. The van der Waals surface area contributed by atoms with Crippen LogP contribution in [0, 0.1) is 6.92 Å². The number of aromatic nitrogens is 1. The van der Waals surface area contributed by atoms with Gasteiger partial charge in [0.15, 0.2) is 9.34 Å². The molecule has 2 aromatic carbocycles. The fourth-order valence-corrected chi connectivity index (χ4v) is 6.01. The first kappa shape index (κ1) is 23.2. The number of urea groups is 1. The van der Waals surface area contributed by atoms with Crippen molar-refractivity contribution < 1.29 is 17.9 Å². The van der Waals surface area contributed by atoms with Crippen LogP contribution < -0.4 is 19.7 Å².